The maximum atomic E-state index is 13.3. The molecule has 43 heavy (non-hydrogen) atoms. The van der Waals surface area contributed by atoms with E-state index in [1.165, 1.54) is 14.2 Å². The minimum atomic E-state index is -0.648. The van der Waals surface area contributed by atoms with Gasteiger partial charge in [0.25, 0.3) is 0 Å². The molecule has 0 saturated heterocycles. The zero-order valence-corrected chi connectivity index (χ0v) is 25.7. The zero-order chi connectivity index (χ0) is 31.1. The molecule has 0 aliphatic rings. The molecule has 4 rings (SSSR count). The van der Waals surface area contributed by atoms with Crippen LogP contribution in [0.4, 0.5) is 26.7 Å². The van der Waals surface area contributed by atoms with E-state index in [0.29, 0.717) is 34.3 Å². The van der Waals surface area contributed by atoms with Crippen LogP contribution in [0.5, 0.6) is 17.2 Å². The number of rotatable bonds is 9. The van der Waals surface area contributed by atoms with E-state index in [9.17, 15) is 9.59 Å². The van der Waals surface area contributed by atoms with Gasteiger partial charge in [0, 0.05) is 41.7 Å². The van der Waals surface area contributed by atoms with Gasteiger partial charge in [0.2, 0.25) is 0 Å². The number of nitrogens with one attached hydrogen (secondary N) is 3. The van der Waals surface area contributed by atoms with Crippen LogP contribution in [-0.2, 0) is 16.6 Å². The first-order valence-corrected chi connectivity index (χ1v) is 13.9. The van der Waals surface area contributed by atoms with Gasteiger partial charge in [-0.3, -0.25) is 10.3 Å². The molecule has 0 saturated carbocycles. The van der Waals surface area contributed by atoms with Crippen molar-refractivity contribution in [2.75, 3.05) is 50.8 Å². The SMILES string of the molecule is COC(=O)Nc1cc(C(C)(C)C)cc(NC(=O)Nc2ccc(Oc3ccnc(CCN(C)C)c3)c3ccccc23)c1OC. The number of carbonyl (C=O) groups excluding carboxylic acids is 2. The fourth-order valence-electron chi connectivity index (χ4n) is 4.50. The first-order valence-electron chi connectivity index (χ1n) is 13.9. The molecule has 0 bridgehead atoms. The number of methoxy groups -OCH3 is 2. The first kappa shape index (κ1) is 31.1. The second-order valence-corrected chi connectivity index (χ2v) is 11.3. The lowest BCUT2D eigenvalue weighted by atomic mass is 9.86. The Bertz CT molecular complexity index is 1610. The molecule has 0 aliphatic carbocycles. The Morgan fingerprint density at radius 2 is 1.53 bits per heavy atom. The van der Waals surface area contributed by atoms with Crippen LogP contribution in [-0.4, -0.2) is 56.9 Å². The number of anilines is 3. The second-order valence-electron chi connectivity index (χ2n) is 11.3. The molecule has 0 aliphatic heterocycles. The van der Waals surface area contributed by atoms with E-state index in [1.54, 1.807) is 18.3 Å². The van der Waals surface area contributed by atoms with Crippen LogP contribution < -0.4 is 25.4 Å². The second kappa shape index (κ2) is 13.4. The Balaban J connectivity index is 1.60. The van der Waals surface area contributed by atoms with Crippen LogP contribution in [0.3, 0.4) is 0 Å². The van der Waals surface area contributed by atoms with Crippen molar-refractivity contribution in [1.29, 1.82) is 0 Å². The smallest absolute Gasteiger partial charge is 0.411 e. The van der Waals surface area contributed by atoms with Gasteiger partial charge in [-0.1, -0.05) is 45.0 Å². The topological polar surface area (TPSA) is 114 Å². The lowest BCUT2D eigenvalue weighted by molar-refractivity contribution is 0.187. The average molecular weight is 586 g/mol. The molecule has 0 unspecified atom stereocenters. The fraction of sp³-hybridized carbons (Fsp3) is 0.303. The van der Waals surface area contributed by atoms with Crippen LogP contribution in [0.2, 0.25) is 0 Å². The van der Waals surface area contributed by atoms with Gasteiger partial charge in [-0.25, -0.2) is 9.59 Å². The molecule has 0 fully saturated rings. The molecule has 0 atom stereocenters. The molecule has 3 N–H and O–H groups in total. The molecule has 10 nitrogen and oxygen atoms in total. The van der Waals surface area contributed by atoms with Crippen molar-refractivity contribution in [3.63, 3.8) is 0 Å². The van der Waals surface area contributed by atoms with Gasteiger partial charge >= 0.3 is 12.1 Å². The molecule has 1 aromatic heterocycles. The highest BCUT2D eigenvalue weighted by molar-refractivity contribution is 6.08. The highest BCUT2D eigenvalue weighted by Crippen LogP contribution is 2.39. The van der Waals surface area contributed by atoms with E-state index in [0.717, 1.165) is 35.0 Å². The Labute approximate surface area is 252 Å². The van der Waals surface area contributed by atoms with E-state index in [4.69, 9.17) is 14.2 Å². The Morgan fingerprint density at radius 3 is 2.19 bits per heavy atom. The summed E-state index contributed by atoms with van der Waals surface area (Å²) in [6.07, 6.45) is 1.91. The van der Waals surface area contributed by atoms with Crippen LogP contribution in [0.15, 0.2) is 66.9 Å². The van der Waals surface area contributed by atoms with Crippen molar-refractivity contribution in [1.82, 2.24) is 9.88 Å². The third kappa shape index (κ3) is 7.92. The van der Waals surface area contributed by atoms with E-state index in [2.05, 4.69) is 25.8 Å². The van der Waals surface area contributed by atoms with Crippen molar-refractivity contribution in [3.05, 3.63) is 78.1 Å². The van der Waals surface area contributed by atoms with Crippen LogP contribution in [0, 0.1) is 0 Å². The number of carbonyl (C=O) groups is 2. The maximum absolute atomic E-state index is 13.3. The van der Waals surface area contributed by atoms with Crippen LogP contribution in [0.25, 0.3) is 10.8 Å². The molecule has 0 spiro atoms. The number of nitrogens with zero attached hydrogens (tertiary/aromatic N) is 2. The lowest BCUT2D eigenvalue weighted by Gasteiger charge is -2.24. The van der Waals surface area contributed by atoms with Gasteiger partial charge in [0.05, 0.1) is 31.3 Å². The van der Waals surface area contributed by atoms with Crippen molar-refractivity contribution < 1.29 is 23.8 Å². The van der Waals surface area contributed by atoms with Gasteiger partial charge in [-0.05, 0) is 55.4 Å². The summed E-state index contributed by atoms with van der Waals surface area (Å²) in [7, 11) is 6.81. The predicted molar refractivity (Wildman–Crippen MR) is 171 cm³/mol. The molecule has 10 heteroatoms. The number of likely N-dealkylation sites (N-methyl/N-ethyl adjacent to an activating group) is 1. The third-order valence-corrected chi connectivity index (χ3v) is 6.79. The highest BCUT2D eigenvalue weighted by Gasteiger charge is 2.22. The summed E-state index contributed by atoms with van der Waals surface area (Å²) in [5, 5.41) is 10.2. The van der Waals surface area contributed by atoms with E-state index < -0.39 is 12.1 Å². The molecular weight excluding hydrogens is 546 g/mol. The summed E-state index contributed by atoms with van der Waals surface area (Å²) in [6.45, 7) is 6.99. The van der Waals surface area contributed by atoms with Gasteiger partial charge in [-0.15, -0.1) is 0 Å². The van der Waals surface area contributed by atoms with Crippen LogP contribution >= 0.6 is 0 Å². The highest BCUT2D eigenvalue weighted by atomic mass is 16.5. The average Bonchev–Trinajstić information content (AvgIpc) is 2.97. The standard InChI is InChI=1S/C33H39N5O5/c1-33(2,3)21-18-27(30(41-6)28(19-21)37-32(40)42-7)36-31(39)35-26-12-13-29(25-11-9-8-10-24(25)26)43-23-14-16-34-22(20-23)15-17-38(4)5/h8-14,16,18-20H,15,17H2,1-7H3,(H,37,40)(H2,35,36,39). The van der Waals surface area contributed by atoms with Crippen molar-refractivity contribution in [2.24, 2.45) is 0 Å². The van der Waals surface area contributed by atoms with Crippen molar-refractivity contribution in [3.8, 4) is 17.2 Å². The Kier molecular flexibility index (Phi) is 9.72. The van der Waals surface area contributed by atoms with Gasteiger partial charge in [-0.2, -0.15) is 0 Å². The summed E-state index contributed by atoms with van der Waals surface area (Å²) in [5.41, 5.74) is 2.92. The predicted octanol–water partition coefficient (Wildman–Crippen LogP) is 7.26. The van der Waals surface area contributed by atoms with E-state index >= 15 is 0 Å². The summed E-state index contributed by atoms with van der Waals surface area (Å²) in [6, 6.07) is 18.3. The van der Waals surface area contributed by atoms with Gasteiger partial charge in [0.1, 0.15) is 11.5 Å². The lowest BCUT2D eigenvalue weighted by Crippen LogP contribution is -2.22. The number of hydrogen-bond donors (Lipinski definition) is 3. The number of amides is 3. The maximum Gasteiger partial charge on any atom is 0.411 e. The molecule has 226 valence electrons. The molecule has 3 amide bonds. The van der Waals surface area contributed by atoms with E-state index in [1.807, 2.05) is 83.4 Å². The number of benzene rings is 3. The van der Waals surface area contributed by atoms with Crippen LogP contribution in [0.1, 0.15) is 32.0 Å². The minimum absolute atomic E-state index is 0.278. The normalized spacial score (nSPS) is 11.3. The Hall–Kier alpha value is -4.83. The third-order valence-electron chi connectivity index (χ3n) is 6.79. The number of pyridine rings is 1. The monoisotopic (exact) mass is 585 g/mol. The van der Waals surface area contributed by atoms with Gasteiger partial charge in [0.15, 0.2) is 5.75 Å². The first-order chi connectivity index (χ1) is 20.5. The summed E-state index contributed by atoms with van der Waals surface area (Å²) >= 11 is 0. The quantitative estimate of drug-likeness (QED) is 0.189. The minimum Gasteiger partial charge on any atom is -0.492 e. The summed E-state index contributed by atoms with van der Waals surface area (Å²) in [4.78, 5) is 31.9. The summed E-state index contributed by atoms with van der Waals surface area (Å²) in [5.74, 6) is 1.64. The number of hydrogen-bond acceptors (Lipinski definition) is 7. The van der Waals surface area contributed by atoms with Crippen molar-refractivity contribution >= 4 is 40.0 Å². The molecule has 3 aromatic carbocycles. The summed E-state index contributed by atoms with van der Waals surface area (Å²) < 4.78 is 16.6. The molecule has 1 heterocycles. The molecule has 0 radical (unpaired) electrons. The van der Waals surface area contributed by atoms with E-state index in [-0.39, 0.29) is 5.41 Å². The Morgan fingerprint density at radius 1 is 0.860 bits per heavy atom. The van der Waals surface area contributed by atoms with Crippen molar-refractivity contribution in [2.45, 2.75) is 32.6 Å². The fourth-order valence-corrected chi connectivity index (χ4v) is 4.50. The number of aromatic nitrogens is 1. The number of urea groups is 1. The largest absolute Gasteiger partial charge is 0.492 e. The number of ether oxygens (including phenoxy) is 3. The zero-order valence-electron chi connectivity index (χ0n) is 25.7. The van der Waals surface area contributed by atoms with Gasteiger partial charge < -0.3 is 29.7 Å². The molecule has 4 aromatic rings. The molecular formula is C33H39N5O5. The number of fused-ring (bicyclic) bond motifs is 1.